The minimum Gasteiger partial charge on any atom is -0.357 e. The average molecular weight is 402 g/mol. The second-order valence-electron chi connectivity index (χ2n) is 5.34. The molecule has 1 fully saturated rings. The number of pyridine rings is 1. The van der Waals surface area contributed by atoms with Gasteiger partial charge < -0.3 is 10.6 Å². The van der Waals surface area contributed by atoms with E-state index >= 15 is 0 Å². The van der Waals surface area contributed by atoms with Crippen LogP contribution in [0.5, 0.6) is 0 Å². The molecule has 118 valence electrons. The fraction of sp³-hybridized carbons (Fsp3) is 0.625. The Hall–Kier alpha value is -0.850. The highest BCUT2D eigenvalue weighted by molar-refractivity contribution is 14.0. The molecule has 4 nitrogen and oxygen atoms in total. The Labute approximate surface area is 145 Å². The summed E-state index contributed by atoms with van der Waals surface area (Å²) in [4.78, 5) is 8.94. The van der Waals surface area contributed by atoms with Crippen molar-refractivity contribution in [1.82, 2.24) is 15.6 Å². The molecule has 0 spiro atoms. The van der Waals surface area contributed by atoms with Crippen LogP contribution in [0.2, 0.25) is 0 Å². The Kier molecular flexibility index (Phi) is 9.37. The molecule has 2 N–H and O–H groups in total. The van der Waals surface area contributed by atoms with Crippen LogP contribution in [0.25, 0.3) is 0 Å². The maximum Gasteiger partial charge on any atom is 0.191 e. The van der Waals surface area contributed by atoms with Gasteiger partial charge in [0.1, 0.15) is 0 Å². The second kappa shape index (κ2) is 10.8. The van der Waals surface area contributed by atoms with Crippen molar-refractivity contribution >= 4 is 29.9 Å². The minimum absolute atomic E-state index is 0. The van der Waals surface area contributed by atoms with E-state index < -0.39 is 0 Å². The molecule has 0 saturated heterocycles. The molecule has 5 heteroatoms. The molecule has 0 aliphatic heterocycles. The third-order valence-corrected chi connectivity index (χ3v) is 3.48. The van der Waals surface area contributed by atoms with E-state index in [1.807, 2.05) is 18.3 Å². The van der Waals surface area contributed by atoms with E-state index in [4.69, 9.17) is 0 Å². The predicted molar refractivity (Wildman–Crippen MR) is 99.3 cm³/mol. The van der Waals surface area contributed by atoms with Crippen LogP contribution < -0.4 is 10.6 Å². The van der Waals surface area contributed by atoms with Crippen molar-refractivity contribution in [3.8, 4) is 0 Å². The van der Waals surface area contributed by atoms with Crippen molar-refractivity contribution < 1.29 is 0 Å². The zero-order valence-electron chi connectivity index (χ0n) is 12.8. The van der Waals surface area contributed by atoms with Crippen LogP contribution in [-0.2, 0) is 6.42 Å². The fourth-order valence-electron chi connectivity index (χ4n) is 2.17. The molecule has 1 aliphatic rings. The molecule has 1 heterocycles. The van der Waals surface area contributed by atoms with Crippen LogP contribution in [0, 0.1) is 5.92 Å². The second-order valence-corrected chi connectivity index (χ2v) is 5.34. The molecule has 1 aliphatic carbocycles. The summed E-state index contributed by atoms with van der Waals surface area (Å²) in [7, 11) is 0. The highest BCUT2D eigenvalue weighted by Gasteiger charge is 2.19. The van der Waals surface area contributed by atoms with Crippen molar-refractivity contribution in [2.45, 2.75) is 39.0 Å². The van der Waals surface area contributed by atoms with Gasteiger partial charge in [0.25, 0.3) is 0 Å². The van der Waals surface area contributed by atoms with Crippen molar-refractivity contribution in [2.24, 2.45) is 10.9 Å². The van der Waals surface area contributed by atoms with E-state index in [9.17, 15) is 0 Å². The summed E-state index contributed by atoms with van der Waals surface area (Å²) in [6.45, 7) is 4.79. The van der Waals surface area contributed by atoms with Gasteiger partial charge >= 0.3 is 0 Å². The van der Waals surface area contributed by atoms with Crippen molar-refractivity contribution in [1.29, 1.82) is 0 Å². The monoisotopic (exact) mass is 402 g/mol. The minimum atomic E-state index is 0. The van der Waals surface area contributed by atoms with Gasteiger partial charge in [-0.1, -0.05) is 18.9 Å². The lowest BCUT2D eigenvalue weighted by atomic mass is 10.2. The van der Waals surface area contributed by atoms with E-state index in [-0.39, 0.29) is 24.0 Å². The highest BCUT2D eigenvalue weighted by Crippen LogP contribution is 2.33. The maximum absolute atomic E-state index is 4.62. The molecule has 1 aromatic heterocycles. The molecular formula is C16H27IN4. The number of halogens is 1. The number of aliphatic imine (C=N–C) groups is 1. The van der Waals surface area contributed by atoms with Crippen LogP contribution >= 0.6 is 24.0 Å². The molecule has 2 rings (SSSR count). The molecule has 1 aromatic rings. The standard InChI is InChI=1S/C16H26N4.HI/c1-2-17-16(19-12-5-6-14-8-9-14)20-13-10-15-7-3-4-11-18-15;/h3-4,7,11,14H,2,5-6,8-10,12-13H2,1H3,(H2,17,19,20);1H. The number of guanidine groups is 1. The lowest BCUT2D eigenvalue weighted by molar-refractivity contribution is 0.670. The zero-order chi connectivity index (χ0) is 14.0. The number of hydrogen-bond acceptors (Lipinski definition) is 2. The van der Waals surface area contributed by atoms with Crippen LogP contribution in [0.3, 0.4) is 0 Å². The van der Waals surface area contributed by atoms with Gasteiger partial charge in [-0.2, -0.15) is 0 Å². The van der Waals surface area contributed by atoms with Crippen molar-refractivity contribution in [2.75, 3.05) is 19.6 Å². The molecule has 0 aromatic carbocycles. The van der Waals surface area contributed by atoms with Crippen LogP contribution in [0.15, 0.2) is 29.4 Å². The summed E-state index contributed by atoms with van der Waals surface area (Å²) in [5.74, 6) is 1.93. The van der Waals surface area contributed by atoms with Crippen molar-refractivity contribution in [3.05, 3.63) is 30.1 Å². The van der Waals surface area contributed by atoms with Gasteiger partial charge in [-0.3, -0.25) is 9.98 Å². The van der Waals surface area contributed by atoms with E-state index in [1.54, 1.807) is 0 Å². The van der Waals surface area contributed by atoms with Crippen LogP contribution in [0.4, 0.5) is 0 Å². The van der Waals surface area contributed by atoms with Crippen LogP contribution in [-0.4, -0.2) is 30.6 Å². The van der Waals surface area contributed by atoms with Crippen molar-refractivity contribution in [3.63, 3.8) is 0 Å². The first-order chi connectivity index (χ1) is 9.88. The Bertz CT molecular complexity index is 404. The molecule has 0 bridgehead atoms. The summed E-state index contributed by atoms with van der Waals surface area (Å²) in [6, 6.07) is 6.03. The highest BCUT2D eigenvalue weighted by atomic mass is 127. The van der Waals surface area contributed by atoms with E-state index in [2.05, 4.69) is 33.6 Å². The molecule has 0 radical (unpaired) electrons. The molecule has 0 unspecified atom stereocenters. The lowest BCUT2D eigenvalue weighted by Gasteiger charge is -2.11. The number of hydrogen-bond donors (Lipinski definition) is 2. The van der Waals surface area contributed by atoms with Gasteiger partial charge in [-0.25, -0.2) is 0 Å². The third kappa shape index (κ3) is 8.24. The predicted octanol–water partition coefficient (Wildman–Crippen LogP) is 2.99. The Morgan fingerprint density at radius 1 is 1.33 bits per heavy atom. The SMILES string of the molecule is CCNC(=NCCCC1CC1)NCCc1ccccn1.I. The largest absolute Gasteiger partial charge is 0.357 e. The molecule has 21 heavy (non-hydrogen) atoms. The molecular weight excluding hydrogens is 375 g/mol. The first-order valence-corrected chi connectivity index (χ1v) is 7.80. The Balaban J connectivity index is 0.00000220. The summed E-state index contributed by atoms with van der Waals surface area (Å²) in [5, 5.41) is 6.66. The summed E-state index contributed by atoms with van der Waals surface area (Å²) in [5.41, 5.74) is 1.12. The zero-order valence-corrected chi connectivity index (χ0v) is 15.2. The van der Waals surface area contributed by atoms with E-state index in [0.717, 1.165) is 43.6 Å². The number of nitrogens with zero attached hydrogens (tertiary/aromatic N) is 2. The van der Waals surface area contributed by atoms with E-state index in [0.29, 0.717) is 0 Å². The topological polar surface area (TPSA) is 49.3 Å². The third-order valence-electron chi connectivity index (χ3n) is 3.48. The van der Waals surface area contributed by atoms with Crippen LogP contribution in [0.1, 0.15) is 38.3 Å². The van der Waals surface area contributed by atoms with Gasteiger partial charge in [0.15, 0.2) is 5.96 Å². The molecule has 0 atom stereocenters. The van der Waals surface area contributed by atoms with Gasteiger partial charge in [-0.05, 0) is 37.8 Å². The normalized spacial score (nSPS) is 14.4. The first-order valence-electron chi connectivity index (χ1n) is 7.80. The number of nitrogens with one attached hydrogen (secondary N) is 2. The summed E-state index contributed by atoms with van der Waals surface area (Å²) < 4.78 is 0. The van der Waals surface area contributed by atoms with E-state index in [1.165, 1.54) is 25.7 Å². The fourth-order valence-corrected chi connectivity index (χ4v) is 2.17. The maximum atomic E-state index is 4.62. The van der Waals surface area contributed by atoms with Gasteiger partial charge in [0.05, 0.1) is 0 Å². The number of rotatable bonds is 8. The quantitative estimate of drug-likeness (QED) is 0.304. The number of aromatic nitrogens is 1. The molecule has 0 amide bonds. The smallest absolute Gasteiger partial charge is 0.191 e. The summed E-state index contributed by atoms with van der Waals surface area (Å²) in [6.07, 6.45) is 8.19. The Morgan fingerprint density at radius 3 is 2.86 bits per heavy atom. The lowest BCUT2D eigenvalue weighted by Crippen LogP contribution is -2.38. The Morgan fingerprint density at radius 2 is 2.19 bits per heavy atom. The molecule has 1 saturated carbocycles. The van der Waals surface area contributed by atoms with Gasteiger partial charge in [0.2, 0.25) is 0 Å². The van der Waals surface area contributed by atoms with Gasteiger partial charge in [0, 0.05) is 37.9 Å². The average Bonchev–Trinajstić information content (AvgIpc) is 3.29. The first kappa shape index (κ1) is 18.2. The van der Waals surface area contributed by atoms with Gasteiger partial charge in [-0.15, -0.1) is 24.0 Å². The summed E-state index contributed by atoms with van der Waals surface area (Å²) >= 11 is 0.